The van der Waals surface area contributed by atoms with E-state index in [0.717, 1.165) is 28.2 Å². The highest BCUT2D eigenvalue weighted by Gasteiger charge is 2.41. The van der Waals surface area contributed by atoms with E-state index in [9.17, 15) is 9.59 Å². The minimum atomic E-state index is -0.619. The molecule has 2 amide bonds. The van der Waals surface area contributed by atoms with E-state index in [0.29, 0.717) is 38.4 Å². The Balaban J connectivity index is 1.29. The standard InChI is InChI=1S/C32H38N4O4/c1-32(2,3)40-31(38)35-19-17-27-29-26(33-36(27)25-14-12-24(13-15-25)23-10-7-11-23)16-18-34(20-28(29)35)30(37)39-21-22-8-5-4-6-9-22/h4-6,8-9,12-15,23,28H,7,10-11,16-21H2,1-3H3. The van der Waals surface area contributed by atoms with Gasteiger partial charge in [0.2, 0.25) is 0 Å². The van der Waals surface area contributed by atoms with Gasteiger partial charge in [-0.2, -0.15) is 5.10 Å². The number of carbonyl (C=O) groups excluding carboxylic acids is 2. The quantitative estimate of drug-likeness (QED) is 0.394. The molecular weight excluding hydrogens is 504 g/mol. The zero-order chi connectivity index (χ0) is 27.9. The van der Waals surface area contributed by atoms with Crippen LogP contribution >= 0.6 is 0 Å². The van der Waals surface area contributed by atoms with Crippen molar-refractivity contribution in [3.8, 4) is 5.69 Å². The minimum Gasteiger partial charge on any atom is -0.445 e. The number of amides is 2. The summed E-state index contributed by atoms with van der Waals surface area (Å²) in [5, 5.41) is 5.07. The lowest BCUT2D eigenvalue weighted by atomic mass is 9.80. The van der Waals surface area contributed by atoms with Gasteiger partial charge in [-0.05, 0) is 62.8 Å². The molecule has 40 heavy (non-hydrogen) atoms. The second kappa shape index (κ2) is 10.6. The molecule has 0 bridgehead atoms. The summed E-state index contributed by atoms with van der Waals surface area (Å²) in [6, 6.07) is 18.1. The fourth-order valence-electron chi connectivity index (χ4n) is 5.95. The smallest absolute Gasteiger partial charge is 0.410 e. The topological polar surface area (TPSA) is 76.9 Å². The summed E-state index contributed by atoms with van der Waals surface area (Å²) in [7, 11) is 0. The van der Waals surface area contributed by atoms with Crippen LogP contribution in [-0.4, -0.2) is 57.0 Å². The largest absolute Gasteiger partial charge is 0.445 e. The Morgan fingerprint density at radius 3 is 2.38 bits per heavy atom. The summed E-state index contributed by atoms with van der Waals surface area (Å²) in [6.45, 7) is 7.11. The van der Waals surface area contributed by atoms with Crippen LogP contribution in [0.4, 0.5) is 9.59 Å². The van der Waals surface area contributed by atoms with E-state index in [1.165, 1.54) is 24.8 Å². The maximum Gasteiger partial charge on any atom is 0.410 e. The third-order valence-corrected chi connectivity index (χ3v) is 8.21. The number of aromatic nitrogens is 2. The number of nitrogens with zero attached hydrogens (tertiary/aromatic N) is 4. The molecule has 0 N–H and O–H groups in total. The first-order chi connectivity index (χ1) is 19.3. The van der Waals surface area contributed by atoms with Crippen LogP contribution in [0.1, 0.15) is 80.1 Å². The van der Waals surface area contributed by atoms with E-state index in [2.05, 4.69) is 28.9 Å². The van der Waals surface area contributed by atoms with Crippen LogP contribution in [0.2, 0.25) is 0 Å². The average Bonchev–Trinajstić information content (AvgIpc) is 3.16. The highest BCUT2D eigenvalue weighted by molar-refractivity contribution is 5.71. The molecule has 3 aliphatic rings. The molecule has 1 fully saturated rings. The zero-order valence-electron chi connectivity index (χ0n) is 23.6. The molecule has 8 nitrogen and oxygen atoms in total. The van der Waals surface area contributed by atoms with E-state index in [1.807, 2.05) is 51.1 Å². The first-order valence-electron chi connectivity index (χ1n) is 14.4. The van der Waals surface area contributed by atoms with Crippen molar-refractivity contribution >= 4 is 12.2 Å². The van der Waals surface area contributed by atoms with Crippen LogP contribution in [0, 0.1) is 0 Å². The van der Waals surface area contributed by atoms with Gasteiger partial charge in [0.15, 0.2) is 0 Å². The van der Waals surface area contributed by atoms with Gasteiger partial charge in [0.25, 0.3) is 0 Å². The second-order valence-corrected chi connectivity index (χ2v) is 12.1. The second-order valence-electron chi connectivity index (χ2n) is 12.1. The van der Waals surface area contributed by atoms with Gasteiger partial charge in [-0.25, -0.2) is 14.3 Å². The van der Waals surface area contributed by atoms with Gasteiger partial charge in [0, 0.05) is 38.0 Å². The molecular formula is C32H38N4O4. The lowest BCUT2D eigenvalue weighted by Crippen LogP contribution is -2.47. The average molecular weight is 543 g/mol. The first-order valence-corrected chi connectivity index (χ1v) is 14.4. The number of hydrogen-bond acceptors (Lipinski definition) is 5. The van der Waals surface area contributed by atoms with E-state index in [-0.39, 0.29) is 24.8 Å². The molecule has 2 aromatic carbocycles. The maximum absolute atomic E-state index is 13.4. The van der Waals surface area contributed by atoms with E-state index < -0.39 is 5.60 Å². The number of hydrogen-bond donors (Lipinski definition) is 0. The molecule has 1 saturated carbocycles. The Labute approximate surface area is 235 Å². The SMILES string of the molecule is CC(C)(C)OC(=O)N1CCc2c3c(nn2-c2ccc(C4CCC4)cc2)CCN(C(=O)OCc2ccccc2)CC31. The van der Waals surface area contributed by atoms with Gasteiger partial charge in [-0.3, -0.25) is 4.90 Å². The fraction of sp³-hybridized carbons (Fsp3) is 0.469. The van der Waals surface area contributed by atoms with Crippen molar-refractivity contribution in [2.45, 2.75) is 77.0 Å². The number of rotatable bonds is 4. The van der Waals surface area contributed by atoms with E-state index >= 15 is 0 Å². The van der Waals surface area contributed by atoms with Gasteiger partial charge in [-0.1, -0.05) is 48.9 Å². The molecule has 2 aliphatic heterocycles. The van der Waals surface area contributed by atoms with Crippen molar-refractivity contribution in [3.05, 3.63) is 82.7 Å². The van der Waals surface area contributed by atoms with Gasteiger partial charge < -0.3 is 14.4 Å². The van der Waals surface area contributed by atoms with Gasteiger partial charge in [-0.15, -0.1) is 0 Å². The van der Waals surface area contributed by atoms with E-state index in [1.54, 1.807) is 9.80 Å². The minimum absolute atomic E-state index is 0.205. The van der Waals surface area contributed by atoms with Gasteiger partial charge >= 0.3 is 12.2 Å². The molecule has 6 rings (SSSR count). The third kappa shape index (κ3) is 5.31. The number of ether oxygens (including phenoxy) is 2. The van der Waals surface area contributed by atoms with Crippen molar-refractivity contribution in [1.82, 2.24) is 19.6 Å². The van der Waals surface area contributed by atoms with Crippen molar-refractivity contribution < 1.29 is 19.1 Å². The zero-order valence-corrected chi connectivity index (χ0v) is 23.6. The van der Waals surface area contributed by atoms with Crippen LogP contribution < -0.4 is 0 Å². The Bertz CT molecular complexity index is 1370. The molecule has 0 saturated heterocycles. The summed E-state index contributed by atoms with van der Waals surface area (Å²) >= 11 is 0. The van der Waals surface area contributed by atoms with Gasteiger partial charge in [0.1, 0.15) is 12.2 Å². The molecule has 210 valence electrons. The molecule has 0 radical (unpaired) electrons. The Kier molecular flexibility index (Phi) is 7.02. The Morgan fingerprint density at radius 1 is 0.950 bits per heavy atom. The molecule has 3 aromatic rings. The fourth-order valence-corrected chi connectivity index (χ4v) is 5.95. The number of benzene rings is 2. The van der Waals surface area contributed by atoms with Crippen molar-refractivity contribution in [2.75, 3.05) is 19.6 Å². The summed E-state index contributed by atoms with van der Waals surface area (Å²) in [4.78, 5) is 30.1. The molecule has 1 aromatic heterocycles. The van der Waals surface area contributed by atoms with Crippen molar-refractivity contribution in [1.29, 1.82) is 0 Å². The molecule has 8 heteroatoms. The summed E-state index contributed by atoms with van der Waals surface area (Å²) < 4.78 is 13.5. The molecule has 0 spiro atoms. The monoisotopic (exact) mass is 542 g/mol. The highest BCUT2D eigenvalue weighted by atomic mass is 16.6. The Morgan fingerprint density at radius 2 is 1.70 bits per heavy atom. The predicted octanol–water partition coefficient (Wildman–Crippen LogP) is 6.17. The van der Waals surface area contributed by atoms with Crippen molar-refractivity contribution in [3.63, 3.8) is 0 Å². The normalized spacial score (nSPS) is 18.9. The van der Waals surface area contributed by atoms with Crippen LogP contribution in [0.15, 0.2) is 54.6 Å². The van der Waals surface area contributed by atoms with Crippen LogP contribution in [0.25, 0.3) is 5.69 Å². The summed E-state index contributed by atoms with van der Waals surface area (Å²) in [5.41, 5.74) is 5.82. The molecule has 1 aliphatic carbocycles. The third-order valence-electron chi connectivity index (χ3n) is 8.21. The predicted molar refractivity (Wildman–Crippen MR) is 151 cm³/mol. The first kappa shape index (κ1) is 26.4. The highest BCUT2D eigenvalue weighted by Crippen LogP contribution is 2.39. The lowest BCUT2D eigenvalue weighted by molar-refractivity contribution is 0.00941. The molecule has 1 unspecified atom stereocenters. The van der Waals surface area contributed by atoms with Crippen molar-refractivity contribution in [2.24, 2.45) is 0 Å². The van der Waals surface area contributed by atoms with Crippen LogP contribution in [0.5, 0.6) is 0 Å². The number of carbonyl (C=O) groups is 2. The van der Waals surface area contributed by atoms with E-state index in [4.69, 9.17) is 14.6 Å². The molecule has 3 heterocycles. The van der Waals surface area contributed by atoms with Crippen LogP contribution in [0.3, 0.4) is 0 Å². The maximum atomic E-state index is 13.4. The Hall–Kier alpha value is -3.81. The summed E-state index contributed by atoms with van der Waals surface area (Å²) in [6.07, 6.45) is 4.36. The molecule has 1 atom stereocenters. The van der Waals surface area contributed by atoms with Crippen LogP contribution in [-0.2, 0) is 28.9 Å². The summed E-state index contributed by atoms with van der Waals surface area (Å²) in [5.74, 6) is 0.682. The van der Waals surface area contributed by atoms with Gasteiger partial charge in [0.05, 0.1) is 23.1 Å². The lowest BCUT2D eigenvalue weighted by Gasteiger charge is -2.38.